The van der Waals surface area contributed by atoms with Crippen LogP contribution in [0.5, 0.6) is 0 Å². The van der Waals surface area contributed by atoms with E-state index in [4.69, 9.17) is 0 Å². The summed E-state index contributed by atoms with van der Waals surface area (Å²) in [5, 5.41) is 15.8. The highest BCUT2D eigenvalue weighted by Gasteiger charge is 2.38. The van der Waals surface area contributed by atoms with Gasteiger partial charge in [0.1, 0.15) is 0 Å². The Bertz CT molecular complexity index is 908. The Labute approximate surface area is 198 Å². The summed E-state index contributed by atoms with van der Waals surface area (Å²) in [6, 6.07) is 12.4. The second-order valence-corrected chi connectivity index (χ2v) is 10.9. The number of rotatable bonds is 8. The number of nitrogens with zero attached hydrogens (tertiary/aromatic N) is 1. The maximum Gasteiger partial charge on any atom is 0.222 e. The molecule has 1 aromatic carbocycles. The lowest BCUT2D eigenvalue weighted by Gasteiger charge is -2.35. The van der Waals surface area contributed by atoms with Gasteiger partial charge in [-0.1, -0.05) is 18.2 Å². The van der Waals surface area contributed by atoms with E-state index in [1.165, 1.54) is 10.5 Å². The Morgan fingerprint density at radius 1 is 1.28 bits per heavy atom. The molecule has 2 saturated heterocycles. The van der Waals surface area contributed by atoms with Crippen LogP contribution in [0.3, 0.4) is 0 Å². The Hall–Kier alpha value is -1.83. The van der Waals surface area contributed by atoms with Gasteiger partial charge in [0.05, 0.1) is 6.10 Å². The van der Waals surface area contributed by atoms with E-state index < -0.39 is 6.10 Å². The quantitative estimate of drug-likeness (QED) is 0.558. The monoisotopic (exact) mass is 472 g/mol. The minimum atomic E-state index is -0.429. The molecule has 0 radical (unpaired) electrons. The summed E-state index contributed by atoms with van der Waals surface area (Å²) >= 11 is 3.31. The Morgan fingerprint density at radius 2 is 2.03 bits per heavy atom. The number of thiophene rings is 1. The highest BCUT2D eigenvalue weighted by atomic mass is 32.2. The van der Waals surface area contributed by atoms with E-state index in [9.17, 15) is 14.7 Å². The number of piperidine rings is 1. The molecule has 2 aliphatic heterocycles. The summed E-state index contributed by atoms with van der Waals surface area (Å²) in [4.78, 5) is 29.2. The van der Waals surface area contributed by atoms with Gasteiger partial charge in [0.25, 0.3) is 0 Å². The minimum absolute atomic E-state index is 0.0848. The lowest BCUT2D eigenvalue weighted by molar-refractivity contribution is -0.133. The molecular weight excluding hydrogens is 440 g/mol. The van der Waals surface area contributed by atoms with E-state index in [0.29, 0.717) is 32.4 Å². The lowest BCUT2D eigenvalue weighted by atomic mass is 9.84. The SMILES string of the molecule is CSc1ccc(CC2(CCC(=O)N3CCC(C(O)c4cccs4)CC3)CCC(=O)N2)cc1. The molecule has 32 heavy (non-hydrogen) atoms. The number of thioether (sulfide) groups is 1. The van der Waals surface area contributed by atoms with E-state index in [2.05, 4.69) is 35.8 Å². The molecule has 0 bridgehead atoms. The molecule has 0 spiro atoms. The predicted molar refractivity (Wildman–Crippen MR) is 130 cm³/mol. The summed E-state index contributed by atoms with van der Waals surface area (Å²) in [5.74, 6) is 0.455. The van der Waals surface area contributed by atoms with Crippen LogP contribution in [-0.2, 0) is 16.0 Å². The Kier molecular flexibility index (Phi) is 7.59. The number of hydrogen-bond donors (Lipinski definition) is 2. The lowest BCUT2D eigenvalue weighted by Crippen LogP contribution is -2.45. The summed E-state index contributed by atoms with van der Waals surface area (Å²) in [7, 11) is 0. The summed E-state index contributed by atoms with van der Waals surface area (Å²) in [6.07, 6.45) is 6.47. The molecule has 0 aliphatic carbocycles. The van der Waals surface area contributed by atoms with Crippen LogP contribution in [0.25, 0.3) is 0 Å². The zero-order valence-electron chi connectivity index (χ0n) is 18.6. The molecule has 2 atom stereocenters. The van der Waals surface area contributed by atoms with E-state index >= 15 is 0 Å². The first-order valence-electron chi connectivity index (χ1n) is 11.4. The first kappa shape index (κ1) is 23.3. The predicted octanol–water partition coefficient (Wildman–Crippen LogP) is 4.41. The van der Waals surface area contributed by atoms with Gasteiger partial charge >= 0.3 is 0 Å². The van der Waals surface area contributed by atoms with E-state index in [0.717, 1.165) is 30.6 Å². The van der Waals surface area contributed by atoms with Gasteiger partial charge in [-0.3, -0.25) is 9.59 Å². The molecule has 7 heteroatoms. The fourth-order valence-corrected chi connectivity index (χ4v) is 6.19. The number of aliphatic hydroxyl groups is 1. The molecule has 3 heterocycles. The van der Waals surface area contributed by atoms with Crippen molar-refractivity contribution in [2.45, 2.75) is 61.5 Å². The molecule has 172 valence electrons. The largest absolute Gasteiger partial charge is 0.387 e. The van der Waals surface area contributed by atoms with Crippen LogP contribution in [0.15, 0.2) is 46.7 Å². The highest BCUT2D eigenvalue weighted by Crippen LogP contribution is 2.34. The van der Waals surface area contributed by atoms with Crippen LogP contribution in [0.1, 0.15) is 55.1 Å². The van der Waals surface area contributed by atoms with Gasteiger partial charge in [-0.25, -0.2) is 0 Å². The van der Waals surface area contributed by atoms with Crippen molar-refractivity contribution in [3.05, 3.63) is 52.2 Å². The molecule has 2 N–H and O–H groups in total. The number of aliphatic hydroxyl groups excluding tert-OH is 1. The smallest absolute Gasteiger partial charge is 0.222 e. The fourth-order valence-electron chi connectivity index (χ4n) is 4.98. The second kappa shape index (κ2) is 10.4. The van der Waals surface area contributed by atoms with Gasteiger partial charge in [-0.2, -0.15) is 0 Å². The standard InChI is InChI=1S/C25H32N2O3S2/c1-31-20-6-4-18(5-7-20)17-25(12-8-22(28)26-25)13-9-23(29)27-14-10-19(11-15-27)24(30)21-3-2-16-32-21/h2-7,16,19,24,30H,8-15,17H2,1H3,(H,26,28). The van der Waals surface area contributed by atoms with E-state index in [1.807, 2.05) is 22.4 Å². The second-order valence-electron chi connectivity index (χ2n) is 9.03. The molecule has 2 aliphatic rings. The normalized spacial score (nSPS) is 22.7. The number of benzene rings is 1. The van der Waals surface area contributed by atoms with Gasteiger partial charge in [-0.05, 0) is 73.4 Å². The van der Waals surface area contributed by atoms with Crippen molar-refractivity contribution >= 4 is 34.9 Å². The highest BCUT2D eigenvalue weighted by molar-refractivity contribution is 7.98. The number of carbonyl (C=O) groups excluding carboxylic acids is 2. The third-order valence-electron chi connectivity index (χ3n) is 6.93. The number of likely N-dealkylation sites (tertiary alicyclic amines) is 1. The van der Waals surface area contributed by atoms with Crippen molar-refractivity contribution < 1.29 is 14.7 Å². The van der Waals surface area contributed by atoms with Crippen molar-refractivity contribution in [2.75, 3.05) is 19.3 Å². The van der Waals surface area contributed by atoms with Gasteiger partial charge < -0.3 is 15.3 Å². The van der Waals surface area contributed by atoms with Crippen molar-refractivity contribution in [3.8, 4) is 0 Å². The summed E-state index contributed by atoms with van der Waals surface area (Å²) in [5.41, 5.74) is 0.863. The topological polar surface area (TPSA) is 69.6 Å². The fraction of sp³-hybridized carbons (Fsp3) is 0.520. The third kappa shape index (κ3) is 5.56. The van der Waals surface area contributed by atoms with Crippen molar-refractivity contribution in [1.29, 1.82) is 0 Å². The van der Waals surface area contributed by atoms with Crippen LogP contribution in [0.2, 0.25) is 0 Å². The van der Waals surface area contributed by atoms with Gasteiger partial charge in [0.15, 0.2) is 0 Å². The number of carbonyl (C=O) groups is 2. The molecule has 2 fully saturated rings. The molecule has 4 rings (SSSR count). The molecule has 2 unspecified atom stereocenters. The van der Waals surface area contributed by atoms with E-state index in [-0.39, 0.29) is 23.3 Å². The van der Waals surface area contributed by atoms with Crippen LogP contribution in [0, 0.1) is 5.92 Å². The number of amides is 2. The molecule has 2 aromatic rings. The van der Waals surface area contributed by atoms with Gasteiger partial charge in [0, 0.05) is 41.2 Å². The molecule has 2 amide bonds. The molecular formula is C25H32N2O3S2. The van der Waals surface area contributed by atoms with Gasteiger partial charge in [0.2, 0.25) is 11.8 Å². The summed E-state index contributed by atoms with van der Waals surface area (Å²) in [6.45, 7) is 1.39. The Morgan fingerprint density at radius 3 is 2.62 bits per heavy atom. The molecule has 0 saturated carbocycles. The average molecular weight is 473 g/mol. The maximum absolute atomic E-state index is 13.0. The molecule has 1 aromatic heterocycles. The number of nitrogens with one attached hydrogen (secondary N) is 1. The van der Waals surface area contributed by atoms with Crippen molar-refractivity contribution in [1.82, 2.24) is 10.2 Å². The zero-order valence-corrected chi connectivity index (χ0v) is 20.2. The van der Waals surface area contributed by atoms with Crippen molar-refractivity contribution in [3.63, 3.8) is 0 Å². The van der Waals surface area contributed by atoms with Crippen molar-refractivity contribution in [2.24, 2.45) is 5.92 Å². The average Bonchev–Trinajstić information content (AvgIpc) is 3.48. The van der Waals surface area contributed by atoms with Crippen LogP contribution >= 0.6 is 23.1 Å². The Balaban J connectivity index is 1.31. The first-order chi connectivity index (χ1) is 15.5. The van der Waals surface area contributed by atoms with Crippen LogP contribution < -0.4 is 5.32 Å². The van der Waals surface area contributed by atoms with Crippen LogP contribution in [-0.4, -0.2) is 46.7 Å². The van der Waals surface area contributed by atoms with Crippen LogP contribution in [0.4, 0.5) is 0 Å². The summed E-state index contributed by atoms with van der Waals surface area (Å²) < 4.78 is 0. The number of hydrogen-bond acceptors (Lipinski definition) is 5. The molecule has 5 nitrogen and oxygen atoms in total. The third-order valence-corrected chi connectivity index (χ3v) is 8.61. The minimum Gasteiger partial charge on any atom is -0.387 e. The maximum atomic E-state index is 13.0. The van der Waals surface area contributed by atoms with E-state index in [1.54, 1.807) is 23.1 Å². The zero-order chi connectivity index (χ0) is 22.6. The first-order valence-corrected chi connectivity index (χ1v) is 13.5. The van der Waals surface area contributed by atoms with Gasteiger partial charge in [-0.15, -0.1) is 23.1 Å².